The molecule has 1 aliphatic carbocycles. The van der Waals surface area contributed by atoms with Gasteiger partial charge < -0.3 is 0 Å². The molecule has 0 radical (unpaired) electrons. The molecule has 0 aromatic rings. The summed E-state index contributed by atoms with van der Waals surface area (Å²) in [4.78, 5) is 0. The quantitative estimate of drug-likeness (QED) is 0.211. The van der Waals surface area contributed by atoms with Gasteiger partial charge in [-0.15, -0.1) is 0 Å². The molecule has 1 rings (SSSR count). The summed E-state index contributed by atoms with van der Waals surface area (Å²) >= 11 is -1.87. The van der Waals surface area contributed by atoms with Crippen LogP contribution in [0.4, 0.5) is 0 Å². The van der Waals surface area contributed by atoms with E-state index in [1.807, 2.05) is 0 Å². The van der Waals surface area contributed by atoms with Gasteiger partial charge in [-0.05, 0) is 0 Å². The zero-order chi connectivity index (χ0) is 20.2. The molecular formula is C20H40O3PtSi2. The van der Waals surface area contributed by atoms with Gasteiger partial charge in [-0.2, -0.15) is 0 Å². The molecule has 0 aromatic heterocycles. The van der Waals surface area contributed by atoms with E-state index in [1.165, 1.54) is 5.57 Å². The van der Waals surface area contributed by atoms with Gasteiger partial charge in [-0.3, -0.25) is 0 Å². The fourth-order valence-corrected chi connectivity index (χ4v) is 17.4. The fourth-order valence-electron chi connectivity index (χ4n) is 3.98. The van der Waals surface area contributed by atoms with Gasteiger partial charge in [0, 0.05) is 0 Å². The summed E-state index contributed by atoms with van der Waals surface area (Å²) in [6, 6.07) is 1.11. The van der Waals surface area contributed by atoms with E-state index >= 15 is 0 Å². The van der Waals surface area contributed by atoms with Crippen molar-refractivity contribution >= 4 is 16.9 Å². The summed E-state index contributed by atoms with van der Waals surface area (Å²) in [5.74, 6) is 0. The van der Waals surface area contributed by atoms with Crippen LogP contribution in [0.15, 0.2) is 33.5 Å². The zero-order valence-corrected chi connectivity index (χ0v) is 22.6. The molecule has 0 amide bonds. The van der Waals surface area contributed by atoms with Crippen molar-refractivity contribution in [3.8, 4) is 0 Å². The van der Waals surface area contributed by atoms with Crippen molar-refractivity contribution in [2.45, 2.75) is 66.8 Å². The molecule has 1 atom stereocenters. The summed E-state index contributed by atoms with van der Waals surface area (Å²) in [7, 11) is 0.863. The van der Waals surface area contributed by atoms with Crippen LogP contribution in [0.1, 0.15) is 26.2 Å². The predicted molar refractivity (Wildman–Crippen MR) is 115 cm³/mol. The molecule has 0 heterocycles. The molecule has 0 aliphatic heterocycles. The molecular weight excluding hydrogens is 539 g/mol. The van der Waals surface area contributed by atoms with Crippen LogP contribution >= 0.6 is 0 Å². The monoisotopic (exact) mass is 579 g/mol. The first-order chi connectivity index (χ1) is 12.0. The Balaban J connectivity index is 3.60. The van der Waals surface area contributed by atoms with Crippen LogP contribution in [0.2, 0.25) is 40.6 Å². The minimum absolute atomic E-state index is 0.222. The molecule has 0 aromatic carbocycles. The first-order valence-corrected chi connectivity index (χ1v) is 22.1. The number of allylic oxidation sites excluding steroid dienone is 5. The van der Waals surface area contributed by atoms with Gasteiger partial charge in [0.1, 0.15) is 0 Å². The maximum absolute atomic E-state index is 5.95. The van der Waals surface area contributed by atoms with Gasteiger partial charge in [-0.25, -0.2) is 0 Å². The zero-order valence-electron chi connectivity index (χ0n) is 18.3. The first kappa shape index (κ1) is 24.3. The number of hydrogen-bond acceptors (Lipinski definition) is 3. The Kier molecular flexibility index (Phi) is 8.98. The summed E-state index contributed by atoms with van der Waals surface area (Å²) < 4.78 is 19.6. The molecule has 6 heteroatoms. The van der Waals surface area contributed by atoms with Gasteiger partial charge in [0.25, 0.3) is 0 Å². The van der Waals surface area contributed by atoms with E-state index in [-0.39, 0.29) is 5.54 Å². The summed E-state index contributed by atoms with van der Waals surface area (Å²) in [5, 5.41) is 9.22. The Bertz CT molecular complexity index is 550. The second-order valence-corrected chi connectivity index (χ2v) is 27.4. The second kappa shape index (κ2) is 9.62. The van der Waals surface area contributed by atoms with E-state index < -0.39 is 32.9 Å². The van der Waals surface area contributed by atoms with E-state index in [9.17, 15) is 0 Å². The van der Waals surface area contributed by atoms with Crippen molar-refractivity contribution in [3.63, 3.8) is 0 Å². The third-order valence-corrected chi connectivity index (χ3v) is 17.3. The maximum atomic E-state index is 5.95. The third kappa shape index (κ3) is 4.98. The van der Waals surface area contributed by atoms with Crippen LogP contribution in [-0.2, 0) is 29.3 Å². The molecule has 0 saturated carbocycles. The van der Waals surface area contributed by atoms with Crippen LogP contribution in [0.3, 0.4) is 0 Å². The van der Waals surface area contributed by atoms with Gasteiger partial charge in [-0.1, -0.05) is 0 Å². The Morgan fingerprint density at radius 2 is 1.69 bits per heavy atom. The van der Waals surface area contributed by atoms with E-state index in [1.54, 1.807) is 30.5 Å². The van der Waals surface area contributed by atoms with Crippen LogP contribution in [0.25, 0.3) is 0 Å². The summed E-state index contributed by atoms with van der Waals surface area (Å²) in [6.45, 7) is 11.3. The van der Waals surface area contributed by atoms with Gasteiger partial charge in [0.05, 0.1) is 0 Å². The summed E-state index contributed by atoms with van der Waals surface area (Å²) in [5.41, 5.74) is 1.70. The van der Waals surface area contributed by atoms with Crippen LogP contribution < -0.4 is 0 Å². The normalized spacial score (nSPS) is 18.1. The van der Waals surface area contributed by atoms with E-state index in [4.69, 9.17) is 13.3 Å². The van der Waals surface area contributed by atoms with Crippen LogP contribution in [0, 0.1) is 0 Å². The average molecular weight is 580 g/mol. The molecule has 0 N–H and O–H groups in total. The number of hydrogen-bond donors (Lipinski definition) is 0. The number of rotatable bonds is 11. The molecule has 0 fully saturated rings. The Morgan fingerprint density at radius 1 is 1.15 bits per heavy atom. The Hall–Kier alpha value is 0.222. The third-order valence-electron chi connectivity index (χ3n) is 5.17. The molecule has 3 nitrogen and oxygen atoms in total. The molecule has 1 aliphatic rings. The van der Waals surface area contributed by atoms with Crippen molar-refractivity contribution in [1.29, 1.82) is 0 Å². The Labute approximate surface area is 167 Å². The molecule has 0 bridgehead atoms. The van der Waals surface area contributed by atoms with Crippen molar-refractivity contribution < 1.29 is 29.3 Å². The van der Waals surface area contributed by atoms with E-state index in [2.05, 4.69) is 54.7 Å². The van der Waals surface area contributed by atoms with Gasteiger partial charge in [0.2, 0.25) is 0 Å². The van der Waals surface area contributed by atoms with Crippen molar-refractivity contribution in [3.05, 3.63) is 33.5 Å². The van der Waals surface area contributed by atoms with E-state index in [0.29, 0.717) is 0 Å². The Morgan fingerprint density at radius 3 is 2.08 bits per heavy atom. The van der Waals surface area contributed by atoms with Crippen LogP contribution in [-0.4, -0.2) is 38.2 Å². The fraction of sp³-hybridized carbons (Fsp3) is 0.700. The first-order valence-electron chi connectivity index (χ1n) is 9.11. The van der Waals surface area contributed by atoms with Crippen molar-refractivity contribution in [2.75, 3.05) is 21.3 Å². The van der Waals surface area contributed by atoms with Gasteiger partial charge >= 0.3 is 168 Å². The van der Waals surface area contributed by atoms with Crippen molar-refractivity contribution in [1.82, 2.24) is 0 Å². The molecule has 156 valence electrons. The minimum atomic E-state index is -2.75. The van der Waals surface area contributed by atoms with E-state index in [0.717, 1.165) is 25.3 Å². The molecule has 1 unspecified atom stereocenters. The van der Waals surface area contributed by atoms with Gasteiger partial charge in [0.15, 0.2) is 0 Å². The van der Waals surface area contributed by atoms with Crippen LogP contribution in [0.5, 0.6) is 0 Å². The predicted octanol–water partition coefficient (Wildman–Crippen LogP) is 6.35. The SMILES string of the molecule is C=CC[Si](C)(C)C1=[C]([Pt]([CH3])([CH3])[CH3])CC=C1C(CCC)[Si](OC)(OC)OC. The molecule has 0 spiro atoms. The van der Waals surface area contributed by atoms with Crippen molar-refractivity contribution in [2.24, 2.45) is 0 Å². The summed E-state index contributed by atoms with van der Waals surface area (Å²) in [6.07, 6.45) is 7.84. The standard InChI is InChI=1S/C17H31O3Si2.3CH3.Pt/c1-8-11-17(22(18-3,19-4)20-5)15-12-10-13-16(15)21(6,7)14-9-2;;;;/h9,12,17H,2,8,10-11,14H2,1,3-7H3;3*1H3;. The molecule has 0 saturated heterocycles. The second-order valence-electron chi connectivity index (χ2n) is 7.96. The topological polar surface area (TPSA) is 27.7 Å². The molecule has 26 heavy (non-hydrogen) atoms. The average Bonchev–Trinajstić information content (AvgIpc) is 3.01.